The van der Waals surface area contributed by atoms with Crippen molar-refractivity contribution >= 4 is 43.5 Å². The summed E-state index contributed by atoms with van der Waals surface area (Å²) in [5.41, 5.74) is 14.4. The number of hydrogen-bond acceptors (Lipinski definition) is 1. The van der Waals surface area contributed by atoms with E-state index in [4.69, 9.17) is 0 Å². The molecule has 0 bridgehead atoms. The van der Waals surface area contributed by atoms with Gasteiger partial charge in [0.1, 0.15) is 0 Å². The summed E-state index contributed by atoms with van der Waals surface area (Å²) in [6.07, 6.45) is 10.9. The summed E-state index contributed by atoms with van der Waals surface area (Å²) in [6.45, 7) is 0. The lowest BCUT2D eigenvalue weighted by Gasteiger charge is -2.31. The quantitative estimate of drug-likeness (QED) is 0.169. The average Bonchev–Trinajstić information content (AvgIpc) is 3.72. The zero-order valence-corrected chi connectivity index (χ0v) is 26.2. The Morgan fingerprint density at radius 3 is 1.98 bits per heavy atom. The minimum Gasteiger partial charge on any atom is -0.274 e. The third kappa shape index (κ3) is 3.06. The van der Waals surface area contributed by atoms with Gasteiger partial charge in [-0.25, -0.2) is 0 Å². The van der Waals surface area contributed by atoms with Gasteiger partial charge in [-0.3, -0.25) is 9.20 Å². The molecule has 2 heterocycles. The molecule has 2 nitrogen and oxygen atoms in total. The monoisotopic (exact) mass is 611 g/mol. The van der Waals surface area contributed by atoms with Crippen molar-refractivity contribution in [2.24, 2.45) is 0 Å². The molecule has 0 N–H and O–H groups in total. The summed E-state index contributed by atoms with van der Waals surface area (Å²) in [7, 11) is 0. The van der Waals surface area contributed by atoms with Crippen LogP contribution in [0.25, 0.3) is 65.8 Å². The fourth-order valence-electron chi connectivity index (χ4n) is 9.44. The largest absolute Gasteiger partial charge is 0.274 e. The molecule has 0 amide bonds. The van der Waals surface area contributed by atoms with Crippen molar-refractivity contribution in [2.45, 2.75) is 18.3 Å². The van der Waals surface area contributed by atoms with E-state index in [9.17, 15) is 4.79 Å². The Kier molecular flexibility index (Phi) is 5.06. The van der Waals surface area contributed by atoms with E-state index in [0.29, 0.717) is 0 Å². The Hall–Kier alpha value is -5.99. The lowest BCUT2D eigenvalue weighted by Crippen LogP contribution is -2.27. The molecule has 8 aromatic rings. The molecular weight excluding hydrogens is 583 g/mol. The number of hydrogen-bond donors (Lipinski definition) is 0. The fraction of sp³-hybridized carbons (Fsp3) is 0.0652. The van der Waals surface area contributed by atoms with Crippen LogP contribution in [0.15, 0.2) is 162 Å². The van der Waals surface area contributed by atoms with Crippen LogP contribution in [-0.2, 0) is 5.41 Å². The number of fused-ring (bicyclic) bond motifs is 15. The van der Waals surface area contributed by atoms with E-state index in [1.54, 1.807) is 0 Å². The van der Waals surface area contributed by atoms with Gasteiger partial charge in [0.25, 0.3) is 5.56 Å². The van der Waals surface area contributed by atoms with Crippen LogP contribution in [0.3, 0.4) is 0 Å². The van der Waals surface area contributed by atoms with Gasteiger partial charge in [0.2, 0.25) is 0 Å². The lowest BCUT2D eigenvalue weighted by atomic mass is 9.69. The van der Waals surface area contributed by atoms with E-state index in [2.05, 4.69) is 138 Å². The van der Waals surface area contributed by atoms with Gasteiger partial charge in [0, 0.05) is 27.1 Å². The highest BCUT2D eigenvalue weighted by Crippen LogP contribution is 2.64. The molecule has 3 aliphatic rings. The first-order chi connectivity index (χ1) is 23.8. The van der Waals surface area contributed by atoms with E-state index in [-0.39, 0.29) is 5.56 Å². The second kappa shape index (κ2) is 9.30. The van der Waals surface area contributed by atoms with Crippen LogP contribution in [-0.4, -0.2) is 4.40 Å². The van der Waals surface area contributed by atoms with Gasteiger partial charge < -0.3 is 0 Å². The van der Waals surface area contributed by atoms with Crippen LogP contribution in [0.1, 0.15) is 35.1 Å². The molecule has 48 heavy (non-hydrogen) atoms. The second-order valence-electron chi connectivity index (χ2n) is 13.4. The number of aromatic nitrogens is 1. The number of pyridine rings is 1. The van der Waals surface area contributed by atoms with Crippen molar-refractivity contribution in [3.05, 3.63) is 190 Å². The Morgan fingerprint density at radius 1 is 0.542 bits per heavy atom. The molecule has 0 unspecified atom stereocenters. The Balaban J connectivity index is 1.38. The normalized spacial score (nSPS) is 17.1. The van der Waals surface area contributed by atoms with E-state index < -0.39 is 5.41 Å². The molecule has 0 saturated heterocycles. The maximum absolute atomic E-state index is 14.8. The van der Waals surface area contributed by atoms with Crippen molar-refractivity contribution in [2.75, 3.05) is 0 Å². The summed E-state index contributed by atoms with van der Waals surface area (Å²) in [5, 5.41) is 5.14. The highest BCUT2D eigenvalue weighted by molar-refractivity contribution is 6.23. The van der Waals surface area contributed by atoms with Crippen molar-refractivity contribution < 1.29 is 0 Å². The van der Waals surface area contributed by atoms with Gasteiger partial charge in [-0.05, 0) is 86.5 Å². The van der Waals surface area contributed by atoms with Crippen molar-refractivity contribution in [3.63, 3.8) is 0 Å². The van der Waals surface area contributed by atoms with E-state index >= 15 is 0 Å². The van der Waals surface area contributed by atoms with Crippen LogP contribution < -0.4 is 5.56 Å². The van der Waals surface area contributed by atoms with Crippen molar-refractivity contribution in [1.29, 1.82) is 0 Å². The van der Waals surface area contributed by atoms with E-state index in [1.807, 2.05) is 18.2 Å². The zero-order chi connectivity index (χ0) is 31.6. The SMILES string of the molecule is O=c1c2ccccc2c2cc(-c3ccccc3)cc3c4ccc5c(c4n1c23)C1=C(/C=C\C=C/CC1)C51c2ccccc2-c2ccccc21. The third-order valence-electron chi connectivity index (χ3n) is 11.2. The highest BCUT2D eigenvalue weighted by Gasteiger charge is 2.52. The molecule has 0 aliphatic heterocycles. The first-order valence-corrected chi connectivity index (χ1v) is 16.9. The summed E-state index contributed by atoms with van der Waals surface area (Å²) >= 11 is 0. The van der Waals surface area contributed by atoms with Crippen LogP contribution in [0.2, 0.25) is 0 Å². The molecule has 6 aromatic carbocycles. The summed E-state index contributed by atoms with van der Waals surface area (Å²) in [6, 6.07) is 45.9. The summed E-state index contributed by atoms with van der Waals surface area (Å²) in [5.74, 6) is 0. The van der Waals surface area contributed by atoms with Crippen LogP contribution in [0.4, 0.5) is 0 Å². The molecule has 0 radical (unpaired) electrons. The molecule has 11 rings (SSSR count). The highest BCUT2D eigenvalue weighted by atomic mass is 16.1. The van der Waals surface area contributed by atoms with Gasteiger partial charge in [0.15, 0.2) is 0 Å². The first-order valence-electron chi connectivity index (χ1n) is 16.9. The molecule has 1 spiro atoms. The Morgan fingerprint density at radius 2 is 1.21 bits per heavy atom. The molecule has 2 heteroatoms. The van der Waals surface area contributed by atoms with Crippen molar-refractivity contribution in [1.82, 2.24) is 4.40 Å². The molecule has 224 valence electrons. The van der Waals surface area contributed by atoms with E-state index in [0.717, 1.165) is 56.4 Å². The van der Waals surface area contributed by atoms with Gasteiger partial charge in [-0.1, -0.05) is 133 Å². The summed E-state index contributed by atoms with van der Waals surface area (Å²) in [4.78, 5) is 14.8. The van der Waals surface area contributed by atoms with Crippen molar-refractivity contribution in [3.8, 4) is 22.3 Å². The fourth-order valence-corrected chi connectivity index (χ4v) is 9.44. The second-order valence-corrected chi connectivity index (χ2v) is 13.4. The van der Waals surface area contributed by atoms with E-state index in [1.165, 1.54) is 50.1 Å². The predicted octanol–water partition coefficient (Wildman–Crippen LogP) is 10.9. The molecular formula is C46H29NO. The number of nitrogens with zero attached hydrogens (tertiary/aromatic N) is 1. The average molecular weight is 612 g/mol. The maximum Gasteiger partial charge on any atom is 0.263 e. The zero-order valence-electron chi connectivity index (χ0n) is 26.2. The molecule has 0 saturated carbocycles. The standard InChI is InChI=1S/C46H29NO/c48-45-34-19-9-8-16-30(34)36-26-29(28-14-4-3-5-15-28)27-37-33-24-25-41-42(44(33)47(45)43(36)37)35-20-6-1-2-7-21-40(35)46(41)38-22-12-10-17-31(38)32-18-11-13-23-39(32)46/h1-5,7-19,21-27H,6,20H2/b2-1-,21-7-. The van der Waals surface area contributed by atoms with Gasteiger partial charge in [-0.2, -0.15) is 0 Å². The smallest absolute Gasteiger partial charge is 0.263 e. The first kappa shape index (κ1) is 26.1. The van der Waals surface area contributed by atoms with Crippen LogP contribution in [0.5, 0.6) is 0 Å². The molecule has 3 aliphatic carbocycles. The summed E-state index contributed by atoms with van der Waals surface area (Å²) < 4.78 is 2.07. The van der Waals surface area contributed by atoms with Gasteiger partial charge >= 0.3 is 0 Å². The van der Waals surface area contributed by atoms with Gasteiger partial charge in [0.05, 0.1) is 16.4 Å². The Labute approximate surface area is 277 Å². The van der Waals surface area contributed by atoms with Crippen LogP contribution in [0, 0.1) is 0 Å². The number of allylic oxidation sites excluding steroid dienone is 6. The lowest BCUT2D eigenvalue weighted by molar-refractivity contribution is 0.785. The van der Waals surface area contributed by atoms with Gasteiger partial charge in [-0.15, -0.1) is 0 Å². The number of rotatable bonds is 1. The number of benzene rings is 6. The third-order valence-corrected chi connectivity index (χ3v) is 11.2. The minimum atomic E-state index is -0.460. The minimum absolute atomic E-state index is 0.0514. The Bertz CT molecular complexity index is 2800. The molecule has 0 atom stereocenters. The predicted molar refractivity (Wildman–Crippen MR) is 199 cm³/mol. The molecule has 2 aromatic heterocycles. The topological polar surface area (TPSA) is 21.5 Å². The van der Waals surface area contributed by atoms with Crippen LogP contribution >= 0.6 is 0 Å². The molecule has 0 fully saturated rings. The maximum atomic E-state index is 14.8.